The van der Waals surface area contributed by atoms with E-state index in [4.69, 9.17) is 21.1 Å². The van der Waals surface area contributed by atoms with E-state index in [0.29, 0.717) is 24.4 Å². The molecule has 2 aromatic carbocycles. The van der Waals surface area contributed by atoms with Crippen LogP contribution >= 0.6 is 11.6 Å². The van der Waals surface area contributed by atoms with Crippen molar-refractivity contribution < 1.29 is 19.1 Å². The zero-order valence-corrected chi connectivity index (χ0v) is 21.7. The molecule has 9 heteroatoms. The highest BCUT2D eigenvalue weighted by molar-refractivity contribution is 6.20. The second-order valence-electron chi connectivity index (χ2n) is 9.10. The molecule has 0 atom stereocenters. The number of benzene rings is 2. The van der Waals surface area contributed by atoms with Crippen molar-refractivity contribution in [2.24, 2.45) is 5.41 Å². The molecule has 190 valence electrons. The van der Waals surface area contributed by atoms with E-state index in [1.54, 1.807) is 34.1 Å². The summed E-state index contributed by atoms with van der Waals surface area (Å²) in [5.74, 6) is 0.630. The lowest BCUT2D eigenvalue weighted by Crippen LogP contribution is -2.47. The minimum atomic E-state index is -0.726. The maximum Gasteiger partial charge on any atom is 0.253 e. The van der Waals surface area contributed by atoms with Crippen LogP contribution in [-0.4, -0.2) is 71.2 Å². The molecule has 35 heavy (non-hydrogen) atoms. The van der Waals surface area contributed by atoms with Gasteiger partial charge in [0, 0.05) is 57.1 Å². The summed E-state index contributed by atoms with van der Waals surface area (Å²) in [4.78, 5) is 30.2. The summed E-state index contributed by atoms with van der Waals surface area (Å²) < 4.78 is 10.6. The van der Waals surface area contributed by atoms with Crippen molar-refractivity contribution in [1.29, 1.82) is 0 Å². The van der Waals surface area contributed by atoms with E-state index in [0.717, 1.165) is 43.3 Å². The number of amides is 2. The molecule has 0 saturated carbocycles. The molecule has 1 heterocycles. The molecule has 8 nitrogen and oxygen atoms in total. The molecule has 0 aliphatic carbocycles. The number of methoxy groups -OCH3 is 2. The lowest BCUT2D eigenvalue weighted by Gasteiger charge is -2.38. The van der Waals surface area contributed by atoms with Crippen LogP contribution in [0.25, 0.3) is 0 Å². The van der Waals surface area contributed by atoms with Crippen molar-refractivity contribution in [2.75, 3.05) is 74.5 Å². The number of piperazine rings is 1. The second kappa shape index (κ2) is 12.1. The van der Waals surface area contributed by atoms with Crippen molar-refractivity contribution in [1.82, 2.24) is 5.32 Å². The van der Waals surface area contributed by atoms with Crippen LogP contribution in [0.2, 0.25) is 0 Å². The number of alkyl halides is 1. The molecule has 2 aromatic rings. The van der Waals surface area contributed by atoms with Gasteiger partial charge in [0.2, 0.25) is 5.91 Å². The number of nitrogens with one attached hydrogen (secondary N) is 2. The molecular weight excluding hydrogens is 468 g/mol. The SMILES string of the molecule is COCCNC(=O)c1cc(NC(=O)C(C)(C)CCl)ccc1N1CCN(c2ccccc2OC)CC1. The molecule has 0 radical (unpaired) electrons. The Labute approximate surface area is 212 Å². The summed E-state index contributed by atoms with van der Waals surface area (Å²) in [6.45, 7) is 7.42. The quantitative estimate of drug-likeness (QED) is 0.381. The topological polar surface area (TPSA) is 83.1 Å². The van der Waals surface area contributed by atoms with E-state index in [1.807, 2.05) is 30.3 Å². The van der Waals surface area contributed by atoms with E-state index in [1.165, 1.54) is 0 Å². The summed E-state index contributed by atoms with van der Waals surface area (Å²) >= 11 is 5.95. The molecule has 1 saturated heterocycles. The lowest BCUT2D eigenvalue weighted by atomic mass is 9.95. The molecule has 1 fully saturated rings. The minimum Gasteiger partial charge on any atom is -0.495 e. The Hall–Kier alpha value is -2.97. The van der Waals surface area contributed by atoms with Gasteiger partial charge in [-0.25, -0.2) is 0 Å². The molecule has 0 unspecified atom stereocenters. The van der Waals surface area contributed by atoms with Gasteiger partial charge in [0.1, 0.15) is 5.75 Å². The first-order valence-electron chi connectivity index (χ1n) is 11.7. The number of rotatable bonds is 10. The van der Waals surface area contributed by atoms with Crippen LogP contribution in [-0.2, 0) is 9.53 Å². The number of hydrogen-bond donors (Lipinski definition) is 2. The van der Waals surface area contributed by atoms with Gasteiger partial charge in [0.15, 0.2) is 0 Å². The van der Waals surface area contributed by atoms with Crippen LogP contribution in [0.5, 0.6) is 5.75 Å². The number of anilines is 3. The third kappa shape index (κ3) is 6.58. The van der Waals surface area contributed by atoms with Gasteiger partial charge in [-0.15, -0.1) is 11.6 Å². The third-order valence-electron chi connectivity index (χ3n) is 6.09. The third-order valence-corrected chi connectivity index (χ3v) is 6.75. The Bertz CT molecular complexity index is 1020. The van der Waals surface area contributed by atoms with Gasteiger partial charge in [0.05, 0.1) is 30.4 Å². The van der Waals surface area contributed by atoms with Crippen molar-refractivity contribution in [3.63, 3.8) is 0 Å². The van der Waals surface area contributed by atoms with Crippen LogP contribution < -0.4 is 25.2 Å². The standard InChI is InChI=1S/C26H35ClN4O4/c1-26(2,18-27)25(33)29-19-9-10-21(20(17-19)24(32)28-11-16-34-3)30-12-14-31(15-13-30)22-7-5-6-8-23(22)35-4/h5-10,17H,11-16,18H2,1-4H3,(H,28,32)(H,29,33). The van der Waals surface area contributed by atoms with Crippen molar-refractivity contribution in [2.45, 2.75) is 13.8 Å². The van der Waals surface area contributed by atoms with E-state index in [-0.39, 0.29) is 17.7 Å². The molecular formula is C26H35ClN4O4. The van der Waals surface area contributed by atoms with Gasteiger partial charge in [-0.1, -0.05) is 12.1 Å². The Morgan fingerprint density at radius 1 is 1.00 bits per heavy atom. The maximum atomic E-state index is 13.1. The number of nitrogens with zero attached hydrogens (tertiary/aromatic N) is 2. The highest BCUT2D eigenvalue weighted by Gasteiger charge is 2.28. The first kappa shape index (κ1) is 26.6. The Morgan fingerprint density at radius 3 is 2.29 bits per heavy atom. The van der Waals surface area contributed by atoms with Gasteiger partial charge in [0.25, 0.3) is 5.91 Å². The number of carbonyl (C=O) groups is 2. The summed E-state index contributed by atoms with van der Waals surface area (Å²) in [6.07, 6.45) is 0. The molecule has 0 spiro atoms. The molecule has 2 amide bonds. The Kier molecular flexibility index (Phi) is 9.23. The summed E-state index contributed by atoms with van der Waals surface area (Å²) in [6, 6.07) is 13.4. The maximum absolute atomic E-state index is 13.1. The summed E-state index contributed by atoms with van der Waals surface area (Å²) in [7, 11) is 3.27. The van der Waals surface area contributed by atoms with E-state index in [2.05, 4.69) is 26.5 Å². The zero-order valence-electron chi connectivity index (χ0n) is 20.9. The van der Waals surface area contributed by atoms with Crippen LogP contribution in [0.3, 0.4) is 0 Å². The zero-order chi connectivity index (χ0) is 25.4. The van der Waals surface area contributed by atoms with Gasteiger partial charge >= 0.3 is 0 Å². The Balaban J connectivity index is 1.81. The highest BCUT2D eigenvalue weighted by atomic mass is 35.5. The van der Waals surface area contributed by atoms with Gasteiger partial charge in [-0.2, -0.15) is 0 Å². The Morgan fingerprint density at radius 2 is 1.66 bits per heavy atom. The minimum absolute atomic E-state index is 0.192. The highest BCUT2D eigenvalue weighted by Crippen LogP contribution is 2.31. The molecule has 3 rings (SSSR count). The number of hydrogen-bond acceptors (Lipinski definition) is 6. The van der Waals surface area contributed by atoms with E-state index < -0.39 is 5.41 Å². The molecule has 0 aromatic heterocycles. The van der Waals surface area contributed by atoms with Crippen LogP contribution in [0.1, 0.15) is 24.2 Å². The van der Waals surface area contributed by atoms with Crippen LogP contribution in [0, 0.1) is 5.41 Å². The largest absolute Gasteiger partial charge is 0.495 e. The monoisotopic (exact) mass is 502 g/mol. The fourth-order valence-corrected chi connectivity index (χ4v) is 3.99. The van der Waals surface area contributed by atoms with Crippen molar-refractivity contribution in [3.8, 4) is 5.75 Å². The van der Waals surface area contributed by atoms with Crippen molar-refractivity contribution in [3.05, 3.63) is 48.0 Å². The summed E-state index contributed by atoms with van der Waals surface area (Å²) in [5.41, 5.74) is 2.23. The normalized spacial score (nSPS) is 14.0. The second-order valence-corrected chi connectivity index (χ2v) is 9.37. The van der Waals surface area contributed by atoms with Gasteiger partial charge in [-0.05, 0) is 44.2 Å². The predicted molar refractivity (Wildman–Crippen MR) is 141 cm³/mol. The fraction of sp³-hybridized carbons (Fsp3) is 0.462. The van der Waals surface area contributed by atoms with E-state index in [9.17, 15) is 9.59 Å². The van der Waals surface area contributed by atoms with E-state index >= 15 is 0 Å². The smallest absolute Gasteiger partial charge is 0.253 e. The van der Waals surface area contributed by atoms with Gasteiger partial charge < -0.3 is 29.9 Å². The predicted octanol–water partition coefficient (Wildman–Crippen LogP) is 3.60. The number of para-hydroxylation sites is 2. The first-order chi connectivity index (χ1) is 16.8. The number of ether oxygens (including phenoxy) is 2. The lowest BCUT2D eigenvalue weighted by molar-refractivity contribution is -0.122. The first-order valence-corrected chi connectivity index (χ1v) is 12.3. The number of halogens is 1. The average Bonchev–Trinajstić information content (AvgIpc) is 2.88. The molecule has 0 bridgehead atoms. The fourth-order valence-electron chi connectivity index (χ4n) is 3.87. The van der Waals surface area contributed by atoms with Gasteiger partial charge in [-0.3, -0.25) is 9.59 Å². The summed E-state index contributed by atoms with van der Waals surface area (Å²) in [5, 5.41) is 5.80. The van der Waals surface area contributed by atoms with Crippen LogP contribution in [0.4, 0.5) is 17.1 Å². The molecule has 1 aliphatic rings. The molecule has 2 N–H and O–H groups in total. The number of carbonyl (C=O) groups excluding carboxylic acids is 2. The van der Waals surface area contributed by atoms with Crippen LogP contribution in [0.15, 0.2) is 42.5 Å². The average molecular weight is 503 g/mol. The molecule has 1 aliphatic heterocycles. The van der Waals surface area contributed by atoms with Crippen molar-refractivity contribution >= 4 is 40.5 Å².